The third-order valence-electron chi connectivity index (χ3n) is 3.39. The van der Waals surface area contributed by atoms with Crippen LogP contribution in [0.2, 0.25) is 5.02 Å². The second kappa shape index (κ2) is 6.34. The van der Waals surface area contributed by atoms with Crippen LogP contribution in [-0.4, -0.2) is 20.9 Å². The lowest BCUT2D eigenvalue weighted by molar-refractivity contribution is 0.102. The maximum absolute atomic E-state index is 13.0. The van der Waals surface area contributed by atoms with Crippen molar-refractivity contribution in [2.45, 2.75) is 19.9 Å². The molecule has 0 unspecified atom stereocenters. The summed E-state index contributed by atoms with van der Waals surface area (Å²) < 4.78 is 14.8. The summed E-state index contributed by atoms with van der Waals surface area (Å²) in [5, 5.41) is 10.9. The first-order valence-electron chi connectivity index (χ1n) is 7.18. The molecule has 0 spiro atoms. The number of hydrogen-bond donors (Lipinski definition) is 1. The molecule has 7 heteroatoms. The van der Waals surface area contributed by atoms with Crippen molar-refractivity contribution in [1.29, 1.82) is 0 Å². The number of fused-ring (bicyclic) bond motifs is 1. The SMILES string of the molecule is CCCn1nnc2cc(C(=O)Nc3ccc(F)cc3Cl)ccc21. The van der Waals surface area contributed by atoms with Crippen LogP contribution in [0.1, 0.15) is 23.7 Å². The summed E-state index contributed by atoms with van der Waals surface area (Å²) in [6.45, 7) is 2.83. The standard InChI is InChI=1S/C16H14ClFN4O/c1-2-7-22-15-6-3-10(8-14(15)20-21-22)16(23)19-13-5-4-11(18)9-12(13)17/h3-6,8-9H,2,7H2,1H3,(H,19,23). The van der Waals surface area contributed by atoms with Crippen molar-refractivity contribution in [2.24, 2.45) is 0 Å². The van der Waals surface area contributed by atoms with Gasteiger partial charge in [0.05, 0.1) is 16.2 Å². The summed E-state index contributed by atoms with van der Waals surface area (Å²) in [6, 6.07) is 8.99. The van der Waals surface area contributed by atoms with E-state index in [9.17, 15) is 9.18 Å². The molecule has 0 saturated heterocycles. The van der Waals surface area contributed by atoms with E-state index >= 15 is 0 Å². The van der Waals surface area contributed by atoms with Gasteiger partial charge in [-0.15, -0.1) is 5.10 Å². The fourth-order valence-corrected chi connectivity index (χ4v) is 2.49. The molecule has 0 aliphatic rings. The monoisotopic (exact) mass is 332 g/mol. The third-order valence-corrected chi connectivity index (χ3v) is 3.70. The van der Waals surface area contributed by atoms with E-state index in [-0.39, 0.29) is 10.9 Å². The lowest BCUT2D eigenvalue weighted by Crippen LogP contribution is -2.12. The van der Waals surface area contributed by atoms with Crippen LogP contribution in [0, 0.1) is 5.82 Å². The first-order chi connectivity index (χ1) is 11.1. The fraction of sp³-hybridized carbons (Fsp3) is 0.188. The molecule has 23 heavy (non-hydrogen) atoms. The molecule has 1 aromatic heterocycles. The highest BCUT2D eigenvalue weighted by molar-refractivity contribution is 6.33. The van der Waals surface area contributed by atoms with Gasteiger partial charge in [0.25, 0.3) is 5.91 Å². The topological polar surface area (TPSA) is 59.8 Å². The van der Waals surface area contributed by atoms with E-state index in [1.54, 1.807) is 16.8 Å². The molecule has 1 amide bonds. The average molecular weight is 333 g/mol. The van der Waals surface area contributed by atoms with Gasteiger partial charge in [0.15, 0.2) is 0 Å². The number of nitrogens with one attached hydrogen (secondary N) is 1. The Morgan fingerprint density at radius 2 is 2.13 bits per heavy atom. The van der Waals surface area contributed by atoms with Gasteiger partial charge < -0.3 is 5.32 Å². The molecule has 5 nitrogen and oxygen atoms in total. The Morgan fingerprint density at radius 3 is 2.87 bits per heavy atom. The number of aryl methyl sites for hydroxylation is 1. The van der Waals surface area contributed by atoms with Gasteiger partial charge in [0.1, 0.15) is 11.3 Å². The fourth-order valence-electron chi connectivity index (χ4n) is 2.28. The second-order valence-corrected chi connectivity index (χ2v) is 5.50. The first kappa shape index (κ1) is 15.4. The lowest BCUT2D eigenvalue weighted by atomic mass is 10.1. The van der Waals surface area contributed by atoms with Crippen LogP contribution in [0.4, 0.5) is 10.1 Å². The number of anilines is 1. The third kappa shape index (κ3) is 3.17. The zero-order valence-electron chi connectivity index (χ0n) is 12.4. The highest BCUT2D eigenvalue weighted by atomic mass is 35.5. The van der Waals surface area contributed by atoms with Crippen LogP contribution in [-0.2, 0) is 6.54 Å². The normalized spacial score (nSPS) is 10.9. The summed E-state index contributed by atoms with van der Waals surface area (Å²) in [5.41, 5.74) is 2.31. The first-order valence-corrected chi connectivity index (χ1v) is 7.56. The van der Waals surface area contributed by atoms with Gasteiger partial charge in [-0.3, -0.25) is 4.79 Å². The predicted octanol–water partition coefficient (Wildman–Crippen LogP) is 3.89. The minimum Gasteiger partial charge on any atom is -0.321 e. The van der Waals surface area contributed by atoms with E-state index in [4.69, 9.17) is 11.6 Å². The van der Waals surface area contributed by atoms with Crippen LogP contribution in [0.25, 0.3) is 11.0 Å². The van der Waals surface area contributed by atoms with E-state index in [0.29, 0.717) is 16.8 Å². The molecule has 0 radical (unpaired) electrons. The van der Waals surface area contributed by atoms with E-state index in [1.807, 2.05) is 6.07 Å². The van der Waals surface area contributed by atoms with Crippen LogP contribution < -0.4 is 5.32 Å². The van der Waals surface area contributed by atoms with Gasteiger partial charge in [-0.2, -0.15) is 0 Å². The molecular formula is C16H14ClFN4O. The number of halogens is 2. The highest BCUT2D eigenvalue weighted by Gasteiger charge is 2.12. The molecule has 0 aliphatic heterocycles. The van der Waals surface area contributed by atoms with Crippen molar-refractivity contribution in [3.63, 3.8) is 0 Å². The van der Waals surface area contributed by atoms with Crippen molar-refractivity contribution >= 4 is 34.2 Å². The largest absolute Gasteiger partial charge is 0.321 e. The molecule has 0 fully saturated rings. The van der Waals surface area contributed by atoms with Crippen molar-refractivity contribution in [3.05, 3.63) is 52.8 Å². The smallest absolute Gasteiger partial charge is 0.255 e. The number of carbonyl (C=O) groups excluding carboxylic acids is 1. The van der Waals surface area contributed by atoms with Crippen LogP contribution >= 0.6 is 11.6 Å². The minimum absolute atomic E-state index is 0.147. The van der Waals surface area contributed by atoms with Crippen molar-refractivity contribution < 1.29 is 9.18 Å². The quantitative estimate of drug-likeness (QED) is 0.788. The van der Waals surface area contributed by atoms with E-state index in [0.717, 1.165) is 24.5 Å². The highest BCUT2D eigenvalue weighted by Crippen LogP contribution is 2.23. The maximum Gasteiger partial charge on any atom is 0.255 e. The Hall–Kier alpha value is -2.47. The number of hydrogen-bond acceptors (Lipinski definition) is 3. The van der Waals surface area contributed by atoms with E-state index < -0.39 is 5.82 Å². The summed E-state index contributed by atoms with van der Waals surface area (Å²) in [5.74, 6) is -0.799. The van der Waals surface area contributed by atoms with Crippen LogP contribution in [0.5, 0.6) is 0 Å². The van der Waals surface area contributed by atoms with Crippen molar-refractivity contribution in [1.82, 2.24) is 15.0 Å². The molecule has 3 rings (SSSR count). The Morgan fingerprint density at radius 1 is 1.30 bits per heavy atom. The average Bonchev–Trinajstić information content (AvgIpc) is 2.93. The summed E-state index contributed by atoms with van der Waals surface area (Å²) in [6.07, 6.45) is 0.948. The number of nitrogens with zero attached hydrogens (tertiary/aromatic N) is 3. The van der Waals surface area contributed by atoms with Crippen LogP contribution in [0.15, 0.2) is 36.4 Å². The summed E-state index contributed by atoms with van der Waals surface area (Å²) in [4.78, 5) is 12.3. The number of carbonyl (C=O) groups is 1. The molecule has 118 valence electrons. The maximum atomic E-state index is 13.0. The van der Waals surface area contributed by atoms with Gasteiger partial charge >= 0.3 is 0 Å². The summed E-state index contributed by atoms with van der Waals surface area (Å²) in [7, 11) is 0. The predicted molar refractivity (Wildman–Crippen MR) is 87.2 cm³/mol. The van der Waals surface area contributed by atoms with Crippen molar-refractivity contribution in [3.8, 4) is 0 Å². The molecule has 1 N–H and O–H groups in total. The Kier molecular flexibility index (Phi) is 4.25. The molecular weight excluding hydrogens is 319 g/mol. The van der Waals surface area contributed by atoms with Gasteiger partial charge in [0.2, 0.25) is 0 Å². The van der Waals surface area contributed by atoms with E-state index in [2.05, 4.69) is 22.6 Å². The van der Waals surface area contributed by atoms with Gasteiger partial charge in [0, 0.05) is 12.1 Å². The number of aromatic nitrogens is 3. The van der Waals surface area contributed by atoms with Crippen molar-refractivity contribution in [2.75, 3.05) is 5.32 Å². The molecule has 3 aromatic rings. The second-order valence-electron chi connectivity index (χ2n) is 5.09. The Balaban J connectivity index is 1.86. The molecule has 0 saturated carbocycles. The number of rotatable bonds is 4. The molecule has 1 heterocycles. The van der Waals surface area contributed by atoms with E-state index in [1.165, 1.54) is 12.1 Å². The van der Waals surface area contributed by atoms with Gasteiger partial charge in [-0.1, -0.05) is 23.7 Å². The molecule has 0 aliphatic carbocycles. The van der Waals surface area contributed by atoms with Gasteiger partial charge in [-0.25, -0.2) is 9.07 Å². The molecule has 0 atom stereocenters. The Labute approximate surface area is 137 Å². The van der Waals surface area contributed by atoms with Crippen LogP contribution in [0.3, 0.4) is 0 Å². The summed E-state index contributed by atoms with van der Waals surface area (Å²) >= 11 is 5.91. The number of benzene rings is 2. The van der Waals surface area contributed by atoms with Gasteiger partial charge in [-0.05, 0) is 42.8 Å². The Bertz CT molecular complexity index is 878. The lowest BCUT2D eigenvalue weighted by Gasteiger charge is -2.07. The molecule has 0 bridgehead atoms. The minimum atomic E-state index is -0.457. The number of amides is 1. The zero-order chi connectivity index (χ0) is 16.4. The molecule has 2 aromatic carbocycles. The zero-order valence-corrected chi connectivity index (χ0v) is 13.1.